The van der Waals surface area contributed by atoms with Gasteiger partial charge in [0.15, 0.2) is 5.78 Å². The van der Waals surface area contributed by atoms with Crippen molar-refractivity contribution in [3.8, 4) is 5.75 Å². The van der Waals surface area contributed by atoms with E-state index in [1.807, 2.05) is 30.3 Å². The normalized spacial score (nSPS) is 10.4. The van der Waals surface area contributed by atoms with Crippen LogP contribution < -0.4 is 4.74 Å². The van der Waals surface area contributed by atoms with E-state index >= 15 is 0 Å². The van der Waals surface area contributed by atoms with Crippen LogP contribution in [0.3, 0.4) is 0 Å². The molecule has 3 aromatic rings. The molecule has 0 saturated carbocycles. The lowest BCUT2D eigenvalue weighted by Gasteiger charge is -2.05. The molecular weight excluding hydrogens is 278 g/mol. The van der Waals surface area contributed by atoms with Gasteiger partial charge in [-0.25, -0.2) is 9.78 Å². The Morgan fingerprint density at radius 1 is 0.909 bits per heavy atom. The number of carbonyl (C=O) groups excluding carboxylic acids is 2. The summed E-state index contributed by atoms with van der Waals surface area (Å²) >= 11 is 0. The highest BCUT2D eigenvalue weighted by atomic mass is 16.5. The third-order valence-electron chi connectivity index (χ3n) is 3.28. The number of ketones is 1. The number of aromatic nitrogens is 1. The standard InChI is InChI=1S/C18H13NO3/c1-12(20)13-6-9-15(10-7-13)22-18(21)17-11-8-14-4-2-3-5-16(14)19-17/h2-11H,1H3. The first-order chi connectivity index (χ1) is 10.6. The first kappa shape index (κ1) is 13.9. The number of carbonyl (C=O) groups is 2. The number of esters is 1. The van der Waals surface area contributed by atoms with Gasteiger partial charge in [0.2, 0.25) is 0 Å². The molecule has 0 aliphatic carbocycles. The molecule has 0 radical (unpaired) electrons. The first-order valence-corrected chi connectivity index (χ1v) is 6.82. The lowest BCUT2D eigenvalue weighted by Crippen LogP contribution is -2.10. The molecule has 22 heavy (non-hydrogen) atoms. The Bertz CT molecular complexity index is 854. The predicted octanol–water partition coefficient (Wildman–Crippen LogP) is 3.66. The number of hydrogen-bond acceptors (Lipinski definition) is 4. The molecule has 0 atom stereocenters. The van der Waals surface area contributed by atoms with Gasteiger partial charge >= 0.3 is 5.97 Å². The first-order valence-electron chi connectivity index (χ1n) is 6.82. The second-order valence-electron chi connectivity index (χ2n) is 4.86. The van der Waals surface area contributed by atoms with Crippen LogP contribution in [0.2, 0.25) is 0 Å². The molecule has 3 rings (SSSR count). The number of nitrogens with zero attached hydrogens (tertiary/aromatic N) is 1. The maximum absolute atomic E-state index is 12.1. The summed E-state index contributed by atoms with van der Waals surface area (Å²) in [5.41, 5.74) is 1.56. The summed E-state index contributed by atoms with van der Waals surface area (Å²) in [6, 6.07) is 17.4. The Hall–Kier alpha value is -3.01. The molecule has 0 saturated heterocycles. The van der Waals surface area contributed by atoms with Crippen LogP contribution in [0, 0.1) is 0 Å². The second kappa shape index (κ2) is 5.77. The Labute approximate surface area is 127 Å². The van der Waals surface area contributed by atoms with Gasteiger partial charge in [-0.1, -0.05) is 24.3 Å². The topological polar surface area (TPSA) is 56.3 Å². The maximum Gasteiger partial charge on any atom is 0.362 e. The molecule has 0 N–H and O–H groups in total. The number of Topliss-reactive ketones (excluding diaryl/α,β-unsaturated/α-hetero) is 1. The van der Waals surface area contributed by atoms with Crippen molar-refractivity contribution < 1.29 is 14.3 Å². The van der Waals surface area contributed by atoms with E-state index in [-0.39, 0.29) is 11.5 Å². The quantitative estimate of drug-likeness (QED) is 0.420. The predicted molar refractivity (Wildman–Crippen MR) is 83.1 cm³/mol. The van der Waals surface area contributed by atoms with Gasteiger partial charge < -0.3 is 4.74 Å². The van der Waals surface area contributed by atoms with Crippen LogP contribution in [0.4, 0.5) is 0 Å². The Kier molecular flexibility index (Phi) is 3.66. The average molecular weight is 291 g/mol. The van der Waals surface area contributed by atoms with Crippen molar-refractivity contribution in [1.82, 2.24) is 4.98 Å². The van der Waals surface area contributed by atoms with Crippen molar-refractivity contribution in [2.45, 2.75) is 6.92 Å². The molecular formula is C18H13NO3. The van der Waals surface area contributed by atoms with E-state index in [9.17, 15) is 9.59 Å². The highest BCUT2D eigenvalue weighted by molar-refractivity contribution is 5.94. The fourth-order valence-corrected chi connectivity index (χ4v) is 2.10. The molecule has 0 bridgehead atoms. The number of ether oxygens (including phenoxy) is 1. The summed E-state index contributed by atoms with van der Waals surface area (Å²) in [5, 5.41) is 0.963. The number of rotatable bonds is 3. The van der Waals surface area contributed by atoms with Gasteiger partial charge in [0.05, 0.1) is 5.52 Å². The van der Waals surface area contributed by atoms with Gasteiger partial charge in [-0.2, -0.15) is 0 Å². The molecule has 1 aromatic heterocycles. The van der Waals surface area contributed by atoms with Crippen LogP contribution in [0.25, 0.3) is 10.9 Å². The van der Waals surface area contributed by atoms with E-state index in [0.717, 1.165) is 10.9 Å². The molecule has 1 heterocycles. The molecule has 4 nitrogen and oxygen atoms in total. The summed E-state index contributed by atoms with van der Waals surface area (Å²) in [4.78, 5) is 27.6. The number of para-hydroxylation sites is 1. The second-order valence-corrected chi connectivity index (χ2v) is 4.86. The monoisotopic (exact) mass is 291 g/mol. The van der Waals surface area contributed by atoms with E-state index in [4.69, 9.17) is 4.74 Å². The Morgan fingerprint density at radius 2 is 1.64 bits per heavy atom. The van der Waals surface area contributed by atoms with Crippen molar-refractivity contribution in [1.29, 1.82) is 0 Å². The van der Waals surface area contributed by atoms with Gasteiger partial charge in [0, 0.05) is 10.9 Å². The number of benzene rings is 2. The van der Waals surface area contributed by atoms with Gasteiger partial charge in [0.1, 0.15) is 11.4 Å². The zero-order valence-corrected chi connectivity index (χ0v) is 11.9. The van der Waals surface area contributed by atoms with Crippen LogP contribution in [0.5, 0.6) is 5.75 Å². The summed E-state index contributed by atoms with van der Waals surface area (Å²) in [6.07, 6.45) is 0. The fourth-order valence-electron chi connectivity index (χ4n) is 2.10. The van der Waals surface area contributed by atoms with Crippen molar-refractivity contribution in [3.05, 3.63) is 71.9 Å². The van der Waals surface area contributed by atoms with Gasteiger partial charge in [-0.15, -0.1) is 0 Å². The summed E-state index contributed by atoms with van der Waals surface area (Å²) in [7, 11) is 0. The molecule has 2 aromatic carbocycles. The molecule has 4 heteroatoms. The zero-order valence-electron chi connectivity index (χ0n) is 11.9. The van der Waals surface area contributed by atoms with E-state index in [1.165, 1.54) is 6.92 Å². The minimum atomic E-state index is -0.527. The Morgan fingerprint density at radius 3 is 2.36 bits per heavy atom. The number of pyridine rings is 1. The van der Waals surface area contributed by atoms with E-state index in [0.29, 0.717) is 11.3 Å². The lowest BCUT2D eigenvalue weighted by atomic mass is 10.1. The zero-order chi connectivity index (χ0) is 15.5. The number of hydrogen-bond donors (Lipinski definition) is 0. The smallest absolute Gasteiger partial charge is 0.362 e. The van der Waals surface area contributed by atoms with Crippen LogP contribution >= 0.6 is 0 Å². The van der Waals surface area contributed by atoms with Crippen LogP contribution in [0.15, 0.2) is 60.7 Å². The molecule has 108 valence electrons. The molecule has 0 amide bonds. The van der Waals surface area contributed by atoms with Gasteiger partial charge in [0.25, 0.3) is 0 Å². The molecule has 0 aliphatic rings. The molecule has 0 fully saturated rings. The van der Waals surface area contributed by atoms with Crippen LogP contribution in [0.1, 0.15) is 27.8 Å². The summed E-state index contributed by atoms with van der Waals surface area (Å²) in [6.45, 7) is 1.49. The van der Waals surface area contributed by atoms with E-state index in [1.54, 1.807) is 30.3 Å². The highest BCUT2D eigenvalue weighted by Gasteiger charge is 2.11. The minimum Gasteiger partial charge on any atom is -0.422 e. The van der Waals surface area contributed by atoms with E-state index in [2.05, 4.69) is 4.98 Å². The molecule has 0 aliphatic heterocycles. The third kappa shape index (κ3) is 2.86. The average Bonchev–Trinajstić information content (AvgIpc) is 2.55. The SMILES string of the molecule is CC(=O)c1ccc(OC(=O)c2ccc3ccccc3n2)cc1. The lowest BCUT2D eigenvalue weighted by molar-refractivity contribution is 0.0729. The third-order valence-corrected chi connectivity index (χ3v) is 3.28. The summed E-state index contributed by atoms with van der Waals surface area (Å²) in [5.74, 6) is -0.180. The van der Waals surface area contributed by atoms with E-state index < -0.39 is 5.97 Å². The largest absolute Gasteiger partial charge is 0.422 e. The van der Waals surface area contributed by atoms with Crippen molar-refractivity contribution in [2.75, 3.05) is 0 Å². The summed E-state index contributed by atoms with van der Waals surface area (Å²) < 4.78 is 5.27. The van der Waals surface area contributed by atoms with Crippen molar-refractivity contribution in [2.24, 2.45) is 0 Å². The highest BCUT2D eigenvalue weighted by Crippen LogP contribution is 2.16. The van der Waals surface area contributed by atoms with Crippen LogP contribution in [-0.2, 0) is 0 Å². The minimum absolute atomic E-state index is 0.0333. The molecule has 0 unspecified atom stereocenters. The van der Waals surface area contributed by atoms with Crippen molar-refractivity contribution in [3.63, 3.8) is 0 Å². The Balaban J connectivity index is 1.81. The van der Waals surface area contributed by atoms with Gasteiger partial charge in [-0.05, 0) is 43.3 Å². The van der Waals surface area contributed by atoms with Crippen LogP contribution in [-0.4, -0.2) is 16.7 Å². The molecule has 0 spiro atoms. The fraction of sp³-hybridized carbons (Fsp3) is 0.0556. The number of fused-ring (bicyclic) bond motifs is 1. The van der Waals surface area contributed by atoms with Gasteiger partial charge in [-0.3, -0.25) is 4.79 Å². The van der Waals surface area contributed by atoms with Crippen molar-refractivity contribution >= 4 is 22.7 Å². The maximum atomic E-state index is 12.1.